The van der Waals surface area contributed by atoms with Gasteiger partial charge in [0.25, 0.3) is 0 Å². The van der Waals surface area contributed by atoms with Gasteiger partial charge in [0.2, 0.25) is 11.8 Å². The summed E-state index contributed by atoms with van der Waals surface area (Å²) in [4.78, 5) is 36.6. The molecule has 0 bridgehead atoms. The number of hydrogen-bond donors (Lipinski definition) is 2. The number of benzene rings is 1. The van der Waals surface area contributed by atoms with E-state index in [-0.39, 0.29) is 12.3 Å². The molecule has 3 N–H and O–H groups in total. The number of rotatable bonds is 7. The fourth-order valence-corrected chi connectivity index (χ4v) is 3.05. The van der Waals surface area contributed by atoms with E-state index in [1.54, 1.807) is 0 Å². The molecule has 1 aromatic rings. The summed E-state index contributed by atoms with van der Waals surface area (Å²) in [5, 5.41) is 9.25. The Balaban J connectivity index is 2.13. The second-order valence-electron chi connectivity index (χ2n) is 5.92. The van der Waals surface area contributed by atoms with E-state index in [4.69, 9.17) is 5.73 Å². The van der Waals surface area contributed by atoms with Crippen LogP contribution in [-0.2, 0) is 20.8 Å². The molecular formula is C17H22N2O4. The number of nitrogens with two attached hydrogens (primary N) is 1. The Hall–Kier alpha value is -2.37. The van der Waals surface area contributed by atoms with E-state index in [1.807, 2.05) is 30.3 Å². The maximum absolute atomic E-state index is 12.8. The fourth-order valence-electron chi connectivity index (χ4n) is 3.05. The fraction of sp³-hybridized carbons (Fsp3) is 0.471. The van der Waals surface area contributed by atoms with Crippen LogP contribution >= 0.6 is 0 Å². The minimum Gasteiger partial charge on any atom is -0.480 e. The number of hydrogen-bond acceptors (Lipinski definition) is 3. The third-order valence-corrected chi connectivity index (χ3v) is 4.23. The van der Waals surface area contributed by atoms with E-state index in [0.717, 1.165) is 5.56 Å². The Morgan fingerprint density at radius 2 is 1.96 bits per heavy atom. The summed E-state index contributed by atoms with van der Waals surface area (Å²) in [5.74, 6) is -2.04. The van der Waals surface area contributed by atoms with E-state index in [1.165, 1.54) is 4.90 Å². The Labute approximate surface area is 135 Å². The molecule has 0 aromatic heterocycles. The van der Waals surface area contributed by atoms with Crippen LogP contribution in [0.2, 0.25) is 0 Å². The van der Waals surface area contributed by atoms with Crippen molar-refractivity contribution in [3.8, 4) is 0 Å². The Morgan fingerprint density at radius 1 is 1.26 bits per heavy atom. The molecule has 1 heterocycles. The highest BCUT2D eigenvalue weighted by molar-refractivity contribution is 5.86. The highest BCUT2D eigenvalue weighted by Gasteiger charge is 2.36. The molecule has 0 saturated carbocycles. The van der Waals surface area contributed by atoms with Crippen molar-refractivity contribution < 1.29 is 19.5 Å². The molecule has 0 aliphatic carbocycles. The lowest BCUT2D eigenvalue weighted by Gasteiger charge is -2.26. The third-order valence-electron chi connectivity index (χ3n) is 4.23. The first-order valence-corrected chi connectivity index (χ1v) is 7.84. The van der Waals surface area contributed by atoms with E-state index in [0.29, 0.717) is 32.2 Å². The molecule has 6 heteroatoms. The minimum absolute atomic E-state index is 0.120. The summed E-state index contributed by atoms with van der Waals surface area (Å²) in [6, 6.07) is 8.76. The number of primary amides is 1. The van der Waals surface area contributed by atoms with Gasteiger partial charge in [-0.2, -0.15) is 0 Å². The van der Waals surface area contributed by atoms with Crippen molar-refractivity contribution in [1.29, 1.82) is 0 Å². The number of carboxylic acids is 1. The van der Waals surface area contributed by atoms with Gasteiger partial charge in [0.05, 0.1) is 0 Å². The Kier molecular flexibility index (Phi) is 5.73. The molecule has 0 spiro atoms. The molecule has 2 amide bonds. The van der Waals surface area contributed by atoms with Crippen molar-refractivity contribution in [2.24, 2.45) is 11.7 Å². The first kappa shape index (κ1) is 17.0. The van der Waals surface area contributed by atoms with E-state index in [2.05, 4.69) is 0 Å². The number of carbonyl (C=O) groups is 3. The van der Waals surface area contributed by atoms with Crippen LogP contribution in [0.15, 0.2) is 30.3 Å². The average molecular weight is 318 g/mol. The van der Waals surface area contributed by atoms with Crippen molar-refractivity contribution >= 4 is 17.8 Å². The Bertz CT molecular complexity index is 573. The number of amides is 2. The van der Waals surface area contributed by atoms with E-state index < -0.39 is 23.8 Å². The molecule has 0 radical (unpaired) electrons. The number of carboxylic acid groups (broad SMARTS) is 1. The number of carbonyl (C=O) groups excluding carboxylic acids is 2. The second kappa shape index (κ2) is 7.76. The van der Waals surface area contributed by atoms with Gasteiger partial charge in [-0.05, 0) is 31.2 Å². The van der Waals surface area contributed by atoms with Gasteiger partial charge in [-0.15, -0.1) is 0 Å². The van der Waals surface area contributed by atoms with E-state index >= 15 is 0 Å². The summed E-state index contributed by atoms with van der Waals surface area (Å²) < 4.78 is 0. The molecular weight excluding hydrogens is 296 g/mol. The second-order valence-corrected chi connectivity index (χ2v) is 5.92. The van der Waals surface area contributed by atoms with Crippen molar-refractivity contribution in [2.45, 2.75) is 38.1 Å². The van der Waals surface area contributed by atoms with Crippen molar-refractivity contribution in [3.05, 3.63) is 35.9 Å². The summed E-state index contributed by atoms with van der Waals surface area (Å²) in [6.45, 7) is 0.456. The van der Waals surface area contributed by atoms with Gasteiger partial charge in [0.15, 0.2) is 0 Å². The maximum atomic E-state index is 12.8. The first-order chi connectivity index (χ1) is 11.0. The van der Waals surface area contributed by atoms with Gasteiger partial charge in [0, 0.05) is 18.9 Å². The average Bonchev–Trinajstić information content (AvgIpc) is 3.01. The lowest BCUT2D eigenvalue weighted by molar-refractivity contribution is -0.150. The van der Waals surface area contributed by atoms with Gasteiger partial charge in [-0.3, -0.25) is 9.59 Å². The molecule has 2 rings (SSSR count). The van der Waals surface area contributed by atoms with Crippen LogP contribution in [0.4, 0.5) is 0 Å². The predicted octanol–water partition coefficient (Wildman–Crippen LogP) is 1.19. The standard InChI is InChI=1S/C17H22N2O4/c18-15(20)9-8-13(11-12-5-2-1-3-6-12)16(21)19-10-4-7-14(19)17(22)23/h1-3,5-6,13-14H,4,7-11H2,(H2,18,20)(H,22,23)/t13?,14-/m0/s1. The van der Waals surface area contributed by atoms with Crippen LogP contribution in [0.1, 0.15) is 31.2 Å². The quantitative estimate of drug-likeness (QED) is 0.788. The van der Waals surface area contributed by atoms with Crippen molar-refractivity contribution in [2.75, 3.05) is 6.54 Å². The molecule has 1 saturated heterocycles. The lowest BCUT2D eigenvalue weighted by atomic mass is 9.93. The lowest BCUT2D eigenvalue weighted by Crippen LogP contribution is -2.44. The Morgan fingerprint density at radius 3 is 2.57 bits per heavy atom. The van der Waals surface area contributed by atoms with Crippen LogP contribution in [0.3, 0.4) is 0 Å². The zero-order chi connectivity index (χ0) is 16.8. The normalized spacial score (nSPS) is 18.6. The van der Waals surface area contributed by atoms with Crippen LogP contribution in [0, 0.1) is 5.92 Å². The largest absolute Gasteiger partial charge is 0.480 e. The zero-order valence-corrected chi connectivity index (χ0v) is 13.0. The SMILES string of the molecule is NC(=O)CCC(Cc1ccccc1)C(=O)N1CCC[C@H]1C(=O)O. The molecule has 124 valence electrons. The monoisotopic (exact) mass is 318 g/mol. The van der Waals surface area contributed by atoms with Gasteiger partial charge in [0.1, 0.15) is 6.04 Å². The van der Waals surface area contributed by atoms with Crippen molar-refractivity contribution in [3.63, 3.8) is 0 Å². The molecule has 1 aliphatic heterocycles. The minimum atomic E-state index is -0.968. The predicted molar refractivity (Wildman–Crippen MR) is 84.4 cm³/mol. The molecule has 1 aromatic carbocycles. The molecule has 1 aliphatic rings. The van der Waals surface area contributed by atoms with Crippen LogP contribution in [-0.4, -0.2) is 40.4 Å². The summed E-state index contributed by atoms with van der Waals surface area (Å²) in [7, 11) is 0. The van der Waals surface area contributed by atoms with Gasteiger partial charge in [-0.25, -0.2) is 4.79 Å². The summed E-state index contributed by atoms with van der Waals surface area (Å²) >= 11 is 0. The smallest absolute Gasteiger partial charge is 0.326 e. The third kappa shape index (κ3) is 4.55. The van der Waals surface area contributed by atoms with Crippen LogP contribution < -0.4 is 5.73 Å². The van der Waals surface area contributed by atoms with Crippen molar-refractivity contribution in [1.82, 2.24) is 4.90 Å². The zero-order valence-electron chi connectivity index (χ0n) is 13.0. The number of nitrogens with zero attached hydrogens (tertiary/aromatic N) is 1. The summed E-state index contributed by atoms with van der Waals surface area (Å²) in [5.41, 5.74) is 6.19. The number of likely N-dealkylation sites (tertiary alicyclic amines) is 1. The highest BCUT2D eigenvalue weighted by Crippen LogP contribution is 2.24. The topological polar surface area (TPSA) is 101 Å². The van der Waals surface area contributed by atoms with Gasteiger partial charge < -0.3 is 15.7 Å². The van der Waals surface area contributed by atoms with Gasteiger partial charge in [-0.1, -0.05) is 30.3 Å². The first-order valence-electron chi connectivity index (χ1n) is 7.84. The van der Waals surface area contributed by atoms with E-state index in [9.17, 15) is 19.5 Å². The molecule has 2 atom stereocenters. The highest BCUT2D eigenvalue weighted by atomic mass is 16.4. The molecule has 1 fully saturated rings. The summed E-state index contributed by atoms with van der Waals surface area (Å²) in [6.07, 6.45) is 2.11. The maximum Gasteiger partial charge on any atom is 0.326 e. The van der Waals surface area contributed by atoms with Crippen LogP contribution in [0.25, 0.3) is 0 Å². The molecule has 1 unspecified atom stereocenters. The molecule has 23 heavy (non-hydrogen) atoms. The van der Waals surface area contributed by atoms with Gasteiger partial charge >= 0.3 is 5.97 Å². The number of aliphatic carboxylic acids is 1. The van der Waals surface area contributed by atoms with Crippen LogP contribution in [0.5, 0.6) is 0 Å². The molecule has 6 nitrogen and oxygen atoms in total.